The summed E-state index contributed by atoms with van der Waals surface area (Å²) < 4.78 is 13.5. The standard InChI is InChI=1S/C29H33FN2O2/c1-3-4-18-31-29(34)27(19-23-8-6-5-7-9-23)32(21-25-14-16-26(30)17-15-25)28(33)20-24-12-10-22(2)11-13-24/h5-17,27H,3-4,18-21H2,1-2H3,(H,31,34)/t27-/m0/s1. The van der Waals surface area contributed by atoms with Crippen molar-refractivity contribution in [3.63, 3.8) is 0 Å². The van der Waals surface area contributed by atoms with E-state index in [4.69, 9.17) is 0 Å². The van der Waals surface area contributed by atoms with Gasteiger partial charge in [-0.3, -0.25) is 9.59 Å². The second kappa shape index (κ2) is 12.7. The lowest BCUT2D eigenvalue weighted by Gasteiger charge is -2.31. The summed E-state index contributed by atoms with van der Waals surface area (Å²) in [5, 5.41) is 3.01. The lowest BCUT2D eigenvalue weighted by molar-refractivity contribution is -0.140. The van der Waals surface area contributed by atoms with E-state index in [9.17, 15) is 14.0 Å². The number of hydrogen-bond donors (Lipinski definition) is 1. The van der Waals surface area contributed by atoms with Crippen LogP contribution in [0.3, 0.4) is 0 Å². The number of halogens is 1. The molecular weight excluding hydrogens is 427 g/mol. The summed E-state index contributed by atoms with van der Waals surface area (Å²) >= 11 is 0. The monoisotopic (exact) mass is 460 g/mol. The SMILES string of the molecule is CCCCNC(=O)[C@H](Cc1ccccc1)N(Cc1ccc(F)cc1)C(=O)Cc1ccc(C)cc1. The Hall–Kier alpha value is -3.47. The predicted molar refractivity (Wildman–Crippen MR) is 134 cm³/mol. The quantitative estimate of drug-likeness (QED) is 0.398. The fraction of sp³-hybridized carbons (Fsp3) is 0.310. The number of nitrogens with zero attached hydrogens (tertiary/aromatic N) is 1. The Balaban J connectivity index is 1.92. The molecule has 1 N–H and O–H groups in total. The number of carbonyl (C=O) groups is 2. The number of aryl methyl sites for hydroxylation is 1. The molecule has 5 heteroatoms. The van der Waals surface area contributed by atoms with Crippen molar-refractivity contribution in [3.8, 4) is 0 Å². The Morgan fingerprint density at radius 1 is 0.882 bits per heavy atom. The molecule has 3 rings (SSSR count). The molecule has 0 spiro atoms. The summed E-state index contributed by atoms with van der Waals surface area (Å²) in [5.74, 6) is -0.643. The second-order valence-electron chi connectivity index (χ2n) is 8.66. The van der Waals surface area contributed by atoms with Gasteiger partial charge in [0.1, 0.15) is 11.9 Å². The van der Waals surface area contributed by atoms with E-state index < -0.39 is 6.04 Å². The molecule has 1 atom stereocenters. The summed E-state index contributed by atoms with van der Waals surface area (Å²) in [4.78, 5) is 28.6. The summed E-state index contributed by atoms with van der Waals surface area (Å²) in [6, 6.07) is 23.0. The fourth-order valence-corrected chi connectivity index (χ4v) is 3.83. The molecule has 4 nitrogen and oxygen atoms in total. The van der Waals surface area contributed by atoms with Gasteiger partial charge >= 0.3 is 0 Å². The molecule has 0 aliphatic heterocycles. The van der Waals surface area contributed by atoms with Crippen molar-refractivity contribution in [3.05, 3.63) is 107 Å². The maximum absolute atomic E-state index is 13.6. The number of unbranched alkanes of at least 4 members (excludes halogenated alkanes) is 1. The third-order valence-corrected chi connectivity index (χ3v) is 5.84. The van der Waals surface area contributed by atoms with Gasteiger partial charge in [-0.15, -0.1) is 0 Å². The predicted octanol–water partition coefficient (Wildman–Crippen LogP) is 5.23. The zero-order chi connectivity index (χ0) is 24.3. The molecule has 0 saturated carbocycles. The first kappa shape index (κ1) is 25.2. The van der Waals surface area contributed by atoms with Gasteiger partial charge in [0.2, 0.25) is 11.8 Å². The van der Waals surface area contributed by atoms with Crippen LogP contribution in [-0.2, 0) is 29.0 Å². The highest BCUT2D eigenvalue weighted by atomic mass is 19.1. The molecule has 0 aliphatic carbocycles. The molecular formula is C29H33FN2O2. The number of amides is 2. The zero-order valence-electron chi connectivity index (χ0n) is 20.0. The van der Waals surface area contributed by atoms with Gasteiger partial charge in [0.05, 0.1) is 6.42 Å². The maximum Gasteiger partial charge on any atom is 0.243 e. The van der Waals surface area contributed by atoms with Crippen molar-refractivity contribution in [1.82, 2.24) is 10.2 Å². The van der Waals surface area contributed by atoms with Gasteiger partial charge in [-0.2, -0.15) is 0 Å². The van der Waals surface area contributed by atoms with Crippen molar-refractivity contribution in [2.24, 2.45) is 0 Å². The molecule has 0 aromatic heterocycles. The van der Waals surface area contributed by atoms with Crippen molar-refractivity contribution in [1.29, 1.82) is 0 Å². The van der Waals surface area contributed by atoms with E-state index in [0.717, 1.165) is 35.1 Å². The van der Waals surface area contributed by atoms with Gasteiger partial charge in [0.15, 0.2) is 0 Å². The normalized spacial score (nSPS) is 11.6. The van der Waals surface area contributed by atoms with Crippen LogP contribution in [0.15, 0.2) is 78.9 Å². The van der Waals surface area contributed by atoms with Crippen LogP contribution in [-0.4, -0.2) is 29.3 Å². The van der Waals surface area contributed by atoms with Crippen LogP contribution in [0.4, 0.5) is 4.39 Å². The van der Waals surface area contributed by atoms with Crippen LogP contribution in [0.25, 0.3) is 0 Å². The van der Waals surface area contributed by atoms with Gasteiger partial charge in [-0.25, -0.2) is 4.39 Å². The zero-order valence-corrected chi connectivity index (χ0v) is 20.0. The minimum Gasteiger partial charge on any atom is -0.354 e. The first-order valence-corrected chi connectivity index (χ1v) is 11.9. The Kier molecular flexibility index (Phi) is 9.39. The van der Waals surface area contributed by atoms with E-state index in [-0.39, 0.29) is 30.6 Å². The smallest absolute Gasteiger partial charge is 0.243 e. The molecule has 34 heavy (non-hydrogen) atoms. The third-order valence-electron chi connectivity index (χ3n) is 5.84. The largest absolute Gasteiger partial charge is 0.354 e. The van der Waals surface area contributed by atoms with Crippen LogP contribution >= 0.6 is 0 Å². The molecule has 0 radical (unpaired) electrons. The highest BCUT2D eigenvalue weighted by Crippen LogP contribution is 2.17. The lowest BCUT2D eigenvalue weighted by Crippen LogP contribution is -2.51. The molecule has 0 aliphatic rings. The highest BCUT2D eigenvalue weighted by Gasteiger charge is 2.30. The van der Waals surface area contributed by atoms with Crippen LogP contribution in [0, 0.1) is 12.7 Å². The van der Waals surface area contributed by atoms with Crippen molar-refractivity contribution >= 4 is 11.8 Å². The first-order chi connectivity index (χ1) is 16.5. The molecule has 0 fully saturated rings. The van der Waals surface area contributed by atoms with Gasteiger partial charge in [0, 0.05) is 19.5 Å². The van der Waals surface area contributed by atoms with E-state index in [1.54, 1.807) is 17.0 Å². The minimum atomic E-state index is -0.678. The Morgan fingerprint density at radius 2 is 1.53 bits per heavy atom. The second-order valence-corrected chi connectivity index (χ2v) is 8.66. The number of benzene rings is 3. The van der Waals surface area contributed by atoms with E-state index in [0.29, 0.717) is 13.0 Å². The van der Waals surface area contributed by atoms with Gasteiger partial charge in [0.25, 0.3) is 0 Å². The molecule has 2 amide bonds. The highest BCUT2D eigenvalue weighted by molar-refractivity contribution is 5.88. The summed E-state index contributed by atoms with van der Waals surface area (Å²) in [6.07, 6.45) is 2.43. The van der Waals surface area contributed by atoms with Crippen LogP contribution < -0.4 is 5.32 Å². The van der Waals surface area contributed by atoms with Crippen LogP contribution in [0.5, 0.6) is 0 Å². The Labute approximate surface area is 201 Å². The average Bonchev–Trinajstić information content (AvgIpc) is 2.84. The number of carbonyl (C=O) groups excluding carboxylic acids is 2. The third kappa shape index (κ3) is 7.55. The van der Waals surface area contributed by atoms with E-state index in [1.807, 2.05) is 61.5 Å². The van der Waals surface area contributed by atoms with Crippen molar-refractivity contribution < 1.29 is 14.0 Å². The number of hydrogen-bond acceptors (Lipinski definition) is 2. The maximum atomic E-state index is 13.6. The average molecular weight is 461 g/mol. The summed E-state index contributed by atoms with van der Waals surface area (Å²) in [6.45, 7) is 4.86. The van der Waals surface area contributed by atoms with Crippen LogP contribution in [0.2, 0.25) is 0 Å². The first-order valence-electron chi connectivity index (χ1n) is 11.9. The van der Waals surface area contributed by atoms with E-state index >= 15 is 0 Å². The number of nitrogens with one attached hydrogen (secondary N) is 1. The van der Waals surface area contributed by atoms with E-state index in [1.165, 1.54) is 12.1 Å². The topological polar surface area (TPSA) is 49.4 Å². The van der Waals surface area contributed by atoms with Crippen molar-refractivity contribution in [2.45, 2.75) is 52.1 Å². The fourth-order valence-electron chi connectivity index (χ4n) is 3.83. The van der Waals surface area contributed by atoms with E-state index in [2.05, 4.69) is 12.2 Å². The molecule has 0 heterocycles. The van der Waals surface area contributed by atoms with Gasteiger partial charge in [-0.1, -0.05) is 85.6 Å². The molecule has 3 aromatic carbocycles. The molecule has 178 valence electrons. The number of rotatable bonds is 11. The summed E-state index contributed by atoms with van der Waals surface area (Å²) in [7, 11) is 0. The summed E-state index contributed by atoms with van der Waals surface area (Å²) in [5.41, 5.74) is 3.77. The minimum absolute atomic E-state index is 0.139. The lowest BCUT2D eigenvalue weighted by atomic mass is 10.0. The Morgan fingerprint density at radius 3 is 2.18 bits per heavy atom. The molecule has 0 unspecified atom stereocenters. The molecule has 3 aromatic rings. The molecule has 0 saturated heterocycles. The van der Waals surface area contributed by atoms with Crippen molar-refractivity contribution in [2.75, 3.05) is 6.54 Å². The Bertz CT molecular complexity index is 1050. The van der Waals surface area contributed by atoms with Gasteiger partial charge in [-0.05, 0) is 42.2 Å². The molecule has 0 bridgehead atoms. The van der Waals surface area contributed by atoms with Crippen LogP contribution in [0.1, 0.15) is 42.0 Å². The van der Waals surface area contributed by atoms with Gasteiger partial charge < -0.3 is 10.2 Å².